The molecule has 0 radical (unpaired) electrons. The number of nitrogens with zero attached hydrogens (tertiary/aromatic N) is 1. The van der Waals surface area contributed by atoms with E-state index in [1.165, 1.54) is 6.26 Å². The van der Waals surface area contributed by atoms with Gasteiger partial charge < -0.3 is 8.83 Å². The first-order chi connectivity index (χ1) is 15.5. The Morgan fingerprint density at radius 3 is 2.56 bits per heavy atom. The number of rotatable bonds is 5. The van der Waals surface area contributed by atoms with E-state index < -0.39 is 11.8 Å². The minimum Gasteiger partial charge on any atom is -0.459 e. The van der Waals surface area contributed by atoms with E-state index in [0.717, 1.165) is 12.0 Å². The molecule has 1 aliphatic rings. The topological polar surface area (TPSA) is 126 Å². The van der Waals surface area contributed by atoms with Gasteiger partial charge in [-0.05, 0) is 37.5 Å². The molecule has 1 aliphatic carbocycles. The Kier molecular flexibility index (Phi) is 6.16. The Balaban J connectivity index is 1.43. The van der Waals surface area contributed by atoms with Crippen molar-refractivity contribution in [3.63, 3.8) is 0 Å². The van der Waals surface area contributed by atoms with Crippen LogP contribution in [0.25, 0.3) is 0 Å². The van der Waals surface area contributed by atoms with Crippen LogP contribution in [0.1, 0.15) is 56.4 Å². The van der Waals surface area contributed by atoms with Crippen molar-refractivity contribution in [3.05, 3.63) is 82.7 Å². The Morgan fingerprint density at radius 2 is 1.81 bits per heavy atom. The van der Waals surface area contributed by atoms with E-state index in [1.807, 2.05) is 30.3 Å². The van der Waals surface area contributed by atoms with Gasteiger partial charge >= 0.3 is 11.8 Å². The summed E-state index contributed by atoms with van der Waals surface area (Å²) in [7, 11) is 0. The largest absolute Gasteiger partial charge is 0.459 e. The zero-order chi connectivity index (χ0) is 22.5. The molecule has 9 nitrogen and oxygen atoms in total. The highest BCUT2D eigenvalue weighted by molar-refractivity contribution is 6.07. The summed E-state index contributed by atoms with van der Waals surface area (Å²) < 4.78 is 10.8. The van der Waals surface area contributed by atoms with Crippen LogP contribution in [-0.2, 0) is 17.6 Å². The number of benzene rings is 1. The summed E-state index contributed by atoms with van der Waals surface area (Å²) in [6, 6.07) is 12.4. The maximum Gasteiger partial charge on any atom is 0.307 e. The van der Waals surface area contributed by atoms with Crippen LogP contribution >= 0.6 is 0 Å². The predicted molar refractivity (Wildman–Crippen MR) is 115 cm³/mol. The molecule has 0 saturated carbocycles. The first-order valence-corrected chi connectivity index (χ1v) is 10.2. The molecule has 0 spiro atoms. The maximum absolute atomic E-state index is 12.6. The van der Waals surface area contributed by atoms with E-state index in [2.05, 4.69) is 21.4 Å². The number of amides is 3. The molecule has 3 aromatic rings. The number of aryl methyl sites for hydroxylation is 1. The van der Waals surface area contributed by atoms with Crippen LogP contribution in [0.3, 0.4) is 0 Å². The molecule has 0 saturated heterocycles. The number of hydrogen-bond donors (Lipinski definition) is 3. The van der Waals surface area contributed by atoms with Gasteiger partial charge in [0.05, 0.1) is 18.4 Å². The first kappa shape index (κ1) is 21.1. The highest BCUT2D eigenvalue weighted by Crippen LogP contribution is 2.29. The van der Waals surface area contributed by atoms with Crippen LogP contribution in [0.2, 0.25) is 0 Å². The van der Waals surface area contributed by atoms with Gasteiger partial charge in [-0.1, -0.05) is 30.3 Å². The summed E-state index contributed by atoms with van der Waals surface area (Å²) in [5, 5.41) is 4.23. The number of nitrogens with one attached hydrogen (secondary N) is 3. The van der Waals surface area contributed by atoms with Crippen molar-refractivity contribution < 1.29 is 23.2 Å². The third-order valence-electron chi connectivity index (χ3n) is 5.09. The monoisotopic (exact) mass is 434 g/mol. The average Bonchev–Trinajstić information content (AvgIpc) is 3.45. The molecule has 3 N–H and O–H groups in total. The quantitative estimate of drug-likeness (QED) is 0.532. The molecule has 0 bridgehead atoms. The van der Waals surface area contributed by atoms with Crippen molar-refractivity contribution >= 4 is 23.4 Å². The van der Waals surface area contributed by atoms with Crippen LogP contribution < -0.4 is 16.3 Å². The molecule has 2 aromatic heterocycles. The lowest BCUT2D eigenvalue weighted by atomic mass is 9.93. The van der Waals surface area contributed by atoms with E-state index in [4.69, 9.17) is 8.83 Å². The molecular weight excluding hydrogens is 412 g/mol. The summed E-state index contributed by atoms with van der Waals surface area (Å²) in [5.74, 6) is -0.489. The van der Waals surface area contributed by atoms with E-state index in [1.54, 1.807) is 19.1 Å². The Labute approximate surface area is 183 Å². The van der Waals surface area contributed by atoms with Gasteiger partial charge in [0.2, 0.25) is 5.91 Å². The van der Waals surface area contributed by atoms with Gasteiger partial charge in [-0.25, -0.2) is 5.43 Å². The third kappa shape index (κ3) is 4.61. The van der Waals surface area contributed by atoms with Crippen molar-refractivity contribution in [2.45, 2.75) is 32.6 Å². The lowest BCUT2D eigenvalue weighted by molar-refractivity contribution is -0.121. The van der Waals surface area contributed by atoms with Gasteiger partial charge in [-0.3, -0.25) is 25.2 Å². The second-order valence-corrected chi connectivity index (χ2v) is 7.35. The Morgan fingerprint density at radius 1 is 1.00 bits per heavy atom. The summed E-state index contributed by atoms with van der Waals surface area (Å²) in [6.45, 7) is 1.75. The van der Waals surface area contributed by atoms with Crippen LogP contribution in [0.15, 0.2) is 62.7 Å². The van der Waals surface area contributed by atoms with E-state index in [-0.39, 0.29) is 23.8 Å². The van der Waals surface area contributed by atoms with E-state index >= 15 is 0 Å². The summed E-state index contributed by atoms with van der Waals surface area (Å²) in [6.07, 6.45) is 3.59. The minimum absolute atomic E-state index is 0.0990. The minimum atomic E-state index is -0.558. The van der Waals surface area contributed by atoms with Gasteiger partial charge in [0.15, 0.2) is 11.5 Å². The Bertz CT molecular complexity index is 1160. The fourth-order valence-corrected chi connectivity index (χ4v) is 3.59. The van der Waals surface area contributed by atoms with E-state index in [9.17, 15) is 14.4 Å². The predicted octanol–water partition coefficient (Wildman–Crippen LogP) is 2.66. The van der Waals surface area contributed by atoms with Crippen molar-refractivity contribution in [2.75, 3.05) is 0 Å². The molecule has 32 heavy (non-hydrogen) atoms. The second-order valence-electron chi connectivity index (χ2n) is 7.35. The number of fused-ring (bicyclic) bond motifs is 1. The lowest BCUT2D eigenvalue weighted by Crippen LogP contribution is -2.42. The highest BCUT2D eigenvalue weighted by atomic mass is 16.4. The first-order valence-electron chi connectivity index (χ1n) is 10.2. The number of hydrazine groups is 1. The number of carbonyl (C=O) groups is 3. The third-order valence-corrected chi connectivity index (χ3v) is 5.09. The van der Waals surface area contributed by atoms with Gasteiger partial charge in [-0.15, -0.1) is 0 Å². The van der Waals surface area contributed by atoms with Crippen LogP contribution in [-0.4, -0.2) is 23.4 Å². The lowest BCUT2D eigenvalue weighted by Gasteiger charge is -2.13. The molecule has 1 aromatic carbocycles. The SMILES string of the molecule is Cc1c(C(=O)NNC(=O)Cc2ccccc2)oc2c1/C(=N/NC(=O)c1ccco1)CCC2. The van der Waals surface area contributed by atoms with Crippen LogP contribution in [0, 0.1) is 6.92 Å². The van der Waals surface area contributed by atoms with Gasteiger partial charge in [0, 0.05) is 17.5 Å². The molecular formula is C23H22N4O5. The smallest absolute Gasteiger partial charge is 0.307 e. The second kappa shape index (κ2) is 9.34. The molecule has 0 unspecified atom stereocenters. The van der Waals surface area contributed by atoms with Gasteiger partial charge in [0.25, 0.3) is 0 Å². The molecule has 164 valence electrons. The highest BCUT2D eigenvalue weighted by Gasteiger charge is 2.28. The van der Waals surface area contributed by atoms with Gasteiger partial charge in [0.1, 0.15) is 5.76 Å². The van der Waals surface area contributed by atoms with Crippen molar-refractivity contribution in [1.29, 1.82) is 0 Å². The maximum atomic E-state index is 12.6. The summed E-state index contributed by atoms with van der Waals surface area (Å²) >= 11 is 0. The normalized spacial score (nSPS) is 14.0. The Hall–Kier alpha value is -4.14. The summed E-state index contributed by atoms with van der Waals surface area (Å²) in [5.41, 5.74) is 10.0. The van der Waals surface area contributed by atoms with Crippen LogP contribution in [0.4, 0.5) is 0 Å². The van der Waals surface area contributed by atoms with Crippen molar-refractivity contribution in [3.8, 4) is 0 Å². The fourth-order valence-electron chi connectivity index (χ4n) is 3.59. The molecule has 4 rings (SSSR count). The molecule has 0 aliphatic heterocycles. The molecule has 3 amide bonds. The number of furan rings is 2. The zero-order valence-electron chi connectivity index (χ0n) is 17.4. The molecule has 0 atom stereocenters. The molecule has 2 heterocycles. The molecule has 0 fully saturated rings. The zero-order valence-corrected chi connectivity index (χ0v) is 17.4. The average molecular weight is 434 g/mol. The fraction of sp³-hybridized carbons (Fsp3) is 0.217. The number of hydrogen-bond acceptors (Lipinski definition) is 6. The van der Waals surface area contributed by atoms with Crippen molar-refractivity contribution in [1.82, 2.24) is 16.3 Å². The molecule has 9 heteroatoms. The van der Waals surface area contributed by atoms with Crippen LogP contribution in [0.5, 0.6) is 0 Å². The van der Waals surface area contributed by atoms with Gasteiger partial charge in [-0.2, -0.15) is 5.10 Å². The van der Waals surface area contributed by atoms with Crippen molar-refractivity contribution in [2.24, 2.45) is 5.10 Å². The standard InChI is InChI=1S/C23H22N4O5/c1-14-20-16(24-26-22(29)18-11-6-12-31-18)9-5-10-17(20)32-21(14)23(30)27-25-19(28)13-15-7-3-2-4-8-15/h2-4,6-8,11-12H,5,9-10,13H2,1H3,(H,25,28)(H,26,29)(H,27,30)/b24-16+. The summed E-state index contributed by atoms with van der Waals surface area (Å²) in [4.78, 5) is 36.8. The number of carbonyl (C=O) groups excluding carboxylic acids is 3. The van der Waals surface area contributed by atoms with E-state index in [0.29, 0.717) is 35.4 Å². The number of hydrazone groups is 1.